The maximum atomic E-state index is 11.7. The Kier molecular flexibility index (Phi) is 4.42. The van der Waals surface area contributed by atoms with E-state index in [4.69, 9.17) is 4.74 Å². The van der Waals surface area contributed by atoms with Crippen LogP contribution >= 0.6 is 15.9 Å². The van der Waals surface area contributed by atoms with Crippen LogP contribution in [0.15, 0.2) is 24.4 Å². The zero-order chi connectivity index (χ0) is 11.3. The van der Waals surface area contributed by atoms with Crippen LogP contribution in [0.5, 0.6) is 0 Å². The molecule has 0 unspecified atom stereocenters. The standard InChI is InChI=1S/C10H10BrNO3/c1-2-15-10(14)8(11)9(13)7-5-3-4-6-12-7/h3-6,8H,2H2,1H3/t8-/m1/s1. The van der Waals surface area contributed by atoms with E-state index in [-0.39, 0.29) is 12.3 Å². The van der Waals surface area contributed by atoms with E-state index in [0.29, 0.717) is 0 Å². The normalized spacial score (nSPS) is 11.9. The summed E-state index contributed by atoms with van der Waals surface area (Å²) in [6.07, 6.45) is 1.50. The summed E-state index contributed by atoms with van der Waals surface area (Å²) in [4.78, 5) is 25.8. The first-order chi connectivity index (χ1) is 7.16. The number of esters is 1. The van der Waals surface area contributed by atoms with E-state index in [1.54, 1.807) is 25.1 Å². The highest BCUT2D eigenvalue weighted by molar-refractivity contribution is 9.10. The molecule has 1 rings (SSSR count). The number of alkyl halides is 1. The van der Waals surface area contributed by atoms with Gasteiger partial charge in [0.15, 0.2) is 4.83 Å². The summed E-state index contributed by atoms with van der Waals surface area (Å²) in [7, 11) is 0. The molecular weight excluding hydrogens is 262 g/mol. The van der Waals surface area contributed by atoms with Gasteiger partial charge in [0, 0.05) is 6.20 Å². The molecule has 1 aromatic heterocycles. The maximum absolute atomic E-state index is 11.7. The lowest BCUT2D eigenvalue weighted by molar-refractivity contribution is -0.141. The molecule has 15 heavy (non-hydrogen) atoms. The summed E-state index contributed by atoms with van der Waals surface area (Å²) in [5.74, 6) is -0.984. The number of ether oxygens (including phenoxy) is 1. The molecule has 0 fully saturated rings. The first kappa shape index (κ1) is 11.8. The smallest absolute Gasteiger partial charge is 0.327 e. The molecule has 0 bridgehead atoms. The van der Waals surface area contributed by atoms with Crippen molar-refractivity contribution in [1.82, 2.24) is 4.98 Å². The first-order valence-corrected chi connectivity index (χ1v) is 5.34. The molecule has 0 radical (unpaired) electrons. The highest BCUT2D eigenvalue weighted by Gasteiger charge is 2.26. The average molecular weight is 272 g/mol. The van der Waals surface area contributed by atoms with E-state index in [9.17, 15) is 9.59 Å². The van der Waals surface area contributed by atoms with Gasteiger partial charge < -0.3 is 4.74 Å². The van der Waals surface area contributed by atoms with E-state index in [1.165, 1.54) is 6.20 Å². The van der Waals surface area contributed by atoms with Crippen LogP contribution in [0.2, 0.25) is 0 Å². The van der Waals surface area contributed by atoms with Gasteiger partial charge in [0.2, 0.25) is 5.78 Å². The number of aromatic nitrogens is 1. The Balaban J connectivity index is 2.73. The van der Waals surface area contributed by atoms with Crippen molar-refractivity contribution in [2.45, 2.75) is 11.8 Å². The second-order valence-electron chi connectivity index (χ2n) is 2.69. The van der Waals surface area contributed by atoms with E-state index in [2.05, 4.69) is 20.9 Å². The number of Topliss-reactive ketones (excluding diaryl/α,β-unsaturated/α-hetero) is 1. The summed E-state index contributed by atoms with van der Waals surface area (Å²) in [5, 5.41) is 0. The molecular formula is C10H10BrNO3. The second-order valence-corrected chi connectivity index (χ2v) is 3.61. The van der Waals surface area contributed by atoms with Gasteiger partial charge in [-0.2, -0.15) is 0 Å². The van der Waals surface area contributed by atoms with Crippen LogP contribution in [-0.2, 0) is 9.53 Å². The van der Waals surface area contributed by atoms with Crippen molar-refractivity contribution < 1.29 is 14.3 Å². The predicted molar refractivity (Wildman–Crippen MR) is 57.9 cm³/mol. The third-order valence-electron chi connectivity index (χ3n) is 1.64. The summed E-state index contributed by atoms with van der Waals surface area (Å²) >= 11 is 2.98. The SMILES string of the molecule is CCOC(=O)[C@H](Br)C(=O)c1ccccn1. The molecule has 0 amide bonds. The molecule has 0 saturated heterocycles. The molecule has 4 nitrogen and oxygen atoms in total. The van der Waals surface area contributed by atoms with E-state index in [1.807, 2.05) is 0 Å². The summed E-state index contributed by atoms with van der Waals surface area (Å²) in [6.45, 7) is 1.93. The number of pyridine rings is 1. The zero-order valence-corrected chi connectivity index (χ0v) is 9.73. The number of carbonyl (C=O) groups excluding carboxylic acids is 2. The molecule has 0 N–H and O–H groups in total. The molecule has 0 aromatic carbocycles. The highest BCUT2D eigenvalue weighted by atomic mass is 79.9. The van der Waals surface area contributed by atoms with Gasteiger partial charge in [0.1, 0.15) is 5.69 Å². The minimum Gasteiger partial charge on any atom is -0.465 e. The molecule has 0 aliphatic rings. The number of rotatable bonds is 4. The minimum atomic E-state index is -0.979. The van der Waals surface area contributed by atoms with Gasteiger partial charge in [-0.1, -0.05) is 22.0 Å². The third-order valence-corrected chi connectivity index (χ3v) is 2.43. The first-order valence-electron chi connectivity index (χ1n) is 4.42. The Morgan fingerprint density at radius 2 is 2.27 bits per heavy atom. The van der Waals surface area contributed by atoms with Crippen LogP contribution in [0.25, 0.3) is 0 Å². The largest absolute Gasteiger partial charge is 0.465 e. The molecule has 1 atom stereocenters. The minimum absolute atomic E-state index is 0.243. The third kappa shape index (κ3) is 3.13. The monoisotopic (exact) mass is 271 g/mol. The van der Waals surface area contributed by atoms with Crippen LogP contribution in [0, 0.1) is 0 Å². The Bertz CT molecular complexity index is 353. The van der Waals surface area contributed by atoms with E-state index in [0.717, 1.165) is 0 Å². The van der Waals surface area contributed by atoms with Gasteiger partial charge in [0.25, 0.3) is 0 Å². The van der Waals surface area contributed by atoms with Crippen molar-refractivity contribution in [2.24, 2.45) is 0 Å². The number of carbonyl (C=O) groups is 2. The van der Waals surface area contributed by atoms with Gasteiger partial charge in [-0.3, -0.25) is 14.6 Å². The number of ketones is 1. The van der Waals surface area contributed by atoms with Crippen molar-refractivity contribution >= 4 is 27.7 Å². The molecule has 1 aromatic rings. The maximum Gasteiger partial charge on any atom is 0.327 e. The second kappa shape index (κ2) is 5.60. The molecule has 0 spiro atoms. The molecule has 0 aliphatic carbocycles. The molecule has 0 aliphatic heterocycles. The van der Waals surface area contributed by atoms with E-state index < -0.39 is 16.6 Å². The van der Waals surface area contributed by atoms with Crippen LogP contribution < -0.4 is 0 Å². The van der Waals surface area contributed by atoms with Crippen molar-refractivity contribution in [1.29, 1.82) is 0 Å². The van der Waals surface area contributed by atoms with Gasteiger partial charge in [-0.25, -0.2) is 0 Å². The predicted octanol–water partition coefficient (Wildman–Crippen LogP) is 1.59. The number of hydrogen-bond acceptors (Lipinski definition) is 4. The zero-order valence-electron chi connectivity index (χ0n) is 8.14. The Hall–Kier alpha value is -1.23. The van der Waals surface area contributed by atoms with E-state index >= 15 is 0 Å². The summed E-state index contributed by atoms with van der Waals surface area (Å²) in [6, 6.07) is 4.94. The van der Waals surface area contributed by atoms with Crippen LogP contribution in [0.3, 0.4) is 0 Å². The lowest BCUT2D eigenvalue weighted by atomic mass is 10.2. The summed E-state index contributed by atoms with van der Waals surface area (Å²) < 4.78 is 4.71. The number of hydrogen-bond donors (Lipinski definition) is 0. The lowest BCUT2D eigenvalue weighted by Crippen LogP contribution is -2.27. The Morgan fingerprint density at radius 3 is 2.80 bits per heavy atom. The molecule has 1 heterocycles. The molecule has 5 heteroatoms. The molecule has 80 valence electrons. The summed E-state index contributed by atoms with van der Waals surface area (Å²) in [5.41, 5.74) is 0.243. The number of nitrogens with zero attached hydrogens (tertiary/aromatic N) is 1. The van der Waals surface area contributed by atoms with Crippen molar-refractivity contribution in [3.8, 4) is 0 Å². The van der Waals surface area contributed by atoms with Gasteiger partial charge in [-0.15, -0.1) is 0 Å². The van der Waals surface area contributed by atoms with Gasteiger partial charge in [0.05, 0.1) is 6.61 Å². The van der Waals surface area contributed by atoms with Crippen molar-refractivity contribution in [2.75, 3.05) is 6.61 Å². The lowest BCUT2D eigenvalue weighted by Gasteiger charge is -2.06. The van der Waals surface area contributed by atoms with Crippen LogP contribution in [0.4, 0.5) is 0 Å². The Labute approximate surface area is 95.8 Å². The van der Waals surface area contributed by atoms with Crippen molar-refractivity contribution in [3.05, 3.63) is 30.1 Å². The fourth-order valence-electron chi connectivity index (χ4n) is 0.961. The van der Waals surface area contributed by atoms with Crippen LogP contribution in [0.1, 0.15) is 17.4 Å². The van der Waals surface area contributed by atoms with Crippen molar-refractivity contribution in [3.63, 3.8) is 0 Å². The van der Waals surface area contributed by atoms with Gasteiger partial charge >= 0.3 is 5.97 Å². The number of halogens is 1. The molecule has 0 saturated carbocycles. The fourth-order valence-corrected chi connectivity index (χ4v) is 1.33. The fraction of sp³-hybridized carbons (Fsp3) is 0.300. The Morgan fingerprint density at radius 1 is 1.53 bits per heavy atom. The average Bonchev–Trinajstić information content (AvgIpc) is 2.28. The highest BCUT2D eigenvalue weighted by Crippen LogP contribution is 2.09. The van der Waals surface area contributed by atoms with Gasteiger partial charge in [-0.05, 0) is 19.1 Å². The quantitative estimate of drug-likeness (QED) is 0.361. The topological polar surface area (TPSA) is 56.3 Å². The van der Waals surface area contributed by atoms with Crippen LogP contribution in [-0.4, -0.2) is 28.2 Å².